The van der Waals surface area contributed by atoms with E-state index in [0.717, 1.165) is 12.1 Å². The van der Waals surface area contributed by atoms with Gasteiger partial charge in [-0.2, -0.15) is 13.2 Å². The van der Waals surface area contributed by atoms with Crippen LogP contribution < -0.4 is 10.1 Å². The number of aliphatic hydroxyl groups is 1. The fraction of sp³-hybridized carbons (Fsp3) is 0.312. The Labute approximate surface area is 146 Å². The van der Waals surface area contributed by atoms with Gasteiger partial charge in [0.15, 0.2) is 0 Å². The van der Waals surface area contributed by atoms with Crippen LogP contribution in [-0.4, -0.2) is 27.2 Å². The summed E-state index contributed by atoms with van der Waals surface area (Å²) in [5.74, 6) is 0.0430. The van der Waals surface area contributed by atoms with E-state index in [0.29, 0.717) is 6.20 Å². The first kappa shape index (κ1) is 19.4. The zero-order chi connectivity index (χ0) is 19.5. The normalized spacial score (nSPS) is 11.9. The number of alkyl halides is 3. The van der Waals surface area contributed by atoms with Crippen molar-refractivity contribution in [1.29, 1.82) is 0 Å². The van der Waals surface area contributed by atoms with Crippen molar-refractivity contribution in [3.8, 4) is 11.6 Å². The zero-order valence-corrected chi connectivity index (χ0v) is 13.9. The van der Waals surface area contributed by atoms with Gasteiger partial charge in [0.05, 0.1) is 16.1 Å². The second kappa shape index (κ2) is 7.16. The minimum Gasteiger partial charge on any atom is -0.439 e. The summed E-state index contributed by atoms with van der Waals surface area (Å²) >= 11 is 0. The summed E-state index contributed by atoms with van der Waals surface area (Å²) < 4.78 is 42.9. The predicted octanol–water partition coefficient (Wildman–Crippen LogP) is 3.98. The van der Waals surface area contributed by atoms with Crippen LogP contribution in [0.15, 0.2) is 36.5 Å². The van der Waals surface area contributed by atoms with E-state index in [1.165, 1.54) is 32.0 Å². The fourth-order valence-corrected chi connectivity index (χ4v) is 1.92. The predicted molar refractivity (Wildman–Crippen MR) is 87.2 cm³/mol. The standard InChI is InChI=1S/C16H16F3N3O4/c1-15(2,23)9-21-12-7-11(4-5-13(12)22(24)25)26-14-6-3-10(8-20-14)16(17,18)19/h3-8,21,23H,9H2,1-2H3. The highest BCUT2D eigenvalue weighted by molar-refractivity contribution is 5.64. The van der Waals surface area contributed by atoms with Crippen LogP contribution in [0, 0.1) is 10.1 Å². The third kappa shape index (κ3) is 5.31. The van der Waals surface area contributed by atoms with Gasteiger partial charge in [-0.1, -0.05) is 0 Å². The number of ether oxygens (including phenoxy) is 1. The van der Waals surface area contributed by atoms with Crippen LogP contribution in [0.3, 0.4) is 0 Å². The number of nitro groups is 1. The van der Waals surface area contributed by atoms with E-state index in [2.05, 4.69) is 10.3 Å². The van der Waals surface area contributed by atoms with E-state index in [4.69, 9.17) is 4.74 Å². The molecule has 0 saturated carbocycles. The molecule has 0 unspecified atom stereocenters. The maximum Gasteiger partial charge on any atom is 0.417 e. The molecule has 0 aliphatic rings. The molecule has 1 heterocycles. The Balaban J connectivity index is 2.23. The van der Waals surface area contributed by atoms with Crippen LogP contribution >= 0.6 is 0 Å². The van der Waals surface area contributed by atoms with Crippen molar-refractivity contribution in [3.63, 3.8) is 0 Å². The van der Waals surface area contributed by atoms with Gasteiger partial charge >= 0.3 is 6.18 Å². The molecule has 0 amide bonds. The van der Waals surface area contributed by atoms with Crippen LogP contribution in [0.1, 0.15) is 19.4 Å². The number of anilines is 1. The Morgan fingerprint density at radius 1 is 1.27 bits per heavy atom. The van der Waals surface area contributed by atoms with Crippen LogP contribution in [-0.2, 0) is 6.18 Å². The molecule has 0 fully saturated rings. The van der Waals surface area contributed by atoms with Gasteiger partial charge in [-0.05, 0) is 26.0 Å². The number of nitro benzene ring substituents is 1. The lowest BCUT2D eigenvalue weighted by Gasteiger charge is -2.18. The van der Waals surface area contributed by atoms with Gasteiger partial charge in [0.1, 0.15) is 11.4 Å². The Morgan fingerprint density at radius 2 is 1.96 bits per heavy atom. The van der Waals surface area contributed by atoms with Gasteiger partial charge in [0, 0.05) is 30.9 Å². The molecule has 0 atom stereocenters. The molecule has 0 aliphatic heterocycles. The monoisotopic (exact) mass is 371 g/mol. The molecule has 1 aromatic carbocycles. The van der Waals surface area contributed by atoms with Crippen molar-refractivity contribution < 1.29 is 27.9 Å². The molecule has 0 spiro atoms. The number of halogens is 3. The number of nitrogens with one attached hydrogen (secondary N) is 1. The van der Waals surface area contributed by atoms with Crippen LogP contribution in [0.2, 0.25) is 0 Å². The second-order valence-electron chi connectivity index (χ2n) is 6.09. The lowest BCUT2D eigenvalue weighted by molar-refractivity contribution is -0.384. The highest BCUT2D eigenvalue weighted by atomic mass is 19.4. The molecule has 0 radical (unpaired) electrons. The van der Waals surface area contributed by atoms with E-state index in [9.17, 15) is 28.4 Å². The van der Waals surface area contributed by atoms with Gasteiger partial charge in [-0.15, -0.1) is 0 Å². The molecule has 0 saturated heterocycles. The minimum atomic E-state index is -4.51. The van der Waals surface area contributed by atoms with Crippen molar-refractivity contribution >= 4 is 11.4 Å². The Morgan fingerprint density at radius 3 is 2.46 bits per heavy atom. The maximum atomic E-state index is 12.5. The van der Waals surface area contributed by atoms with Gasteiger partial charge in [-0.25, -0.2) is 4.98 Å². The molecule has 2 N–H and O–H groups in total. The third-order valence-electron chi connectivity index (χ3n) is 3.16. The number of hydrogen-bond donors (Lipinski definition) is 2. The van der Waals surface area contributed by atoms with Gasteiger partial charge < -0.3 is 15.2 Å². The molecule has 1 aromatic heterocycles. The van der Waals surface area contributed by atoms with Crippen molar-refractivity contribution in [1.82, 2.24) is 4.98 Å². The number of pyridine rings is 1. The second-order valence-corrected chi connectivity index (χ2v) is 6.09. The van der Waals surface area contributed by atoms with Crippen LogP contribution in [0.4, 0.5) is 24.5 Å². The molecular weight excluding hydrogens is 355 g/mol. The molecule has 0 aliphatic carbocycles. The summed E-state index contributed by atoms with van der Waals surface area (Å²) in [7, 11) is 0. The first-order valence-electron chi connectivity index (χ1n) is 7.41. The van der Waals surface area contributed by atoms with Crippen LogP contribution in [0.5, 0.6) is 11.6 Å². The minimum absolute atomic E-state index is 0.0375. The maximum absolute atomic E-state index is 12.5. The summed E-state index contributed by atoms with van der Waals surface area (Å²) in [6.07, 6.45) is -3.87. The van der Waals surface area contributed by atoms with E-state index >= 15 is 0 Å². The van der Waals surface area contributed by atoms with Crippen molar-refractivity contribution in [2.45, 2.75) is 25.6 Å². The molecule has 2 aromatic rings. The van der Waals surface area contributed by atoms with Crippen molar-refractivity contribution in [2.75, 3.05) is 11.9 Å². The molecule has 7 nitrogen and oxygen atoms in total. The average Bonchev–Trinajstić information content (AvgIpc) is 2.52. The molecule has 2 rings (SSSR count). The fourth-order valence-electron chi connectivity index (χ4n) is 1.92. The molecule has 0 bridgehead atoms. The third-order valence-corrected chi connectivity index (χ3v) is 3.16. The van der Waals surface area contributed by atoms with Gasteiger partial charge in [-0.3, -0.25) is 10.1 Å². The highest BCUT2D eigenvalue weighted by Crippen LogP contribution is 2.33. The van der Waals surface area contributed by atoms with Gasteiger partial charge in [0.25, 0.3) is 5.69 Å². The highest BCUT2D eigenvalue weighted by Gasteiger charge is 2.30. The van der Waals surface area contributed by atoms with Gasteiger partial charge in [0.2, 0.25) is 5.88 Å². The summed E-state index contributed by atoms with van der Waals surface area (Å²) in [6, 6.07) is 5.66. The van der Waals surface area contributed by atoms with E-state index in [1.54, 1.807) is 0 Å². The van der Waals surface area contributed by atoms with E-state index in [1.807, 2.05) is 0 Å². The summed E-state index contributed by atoms with van der Waals surface area (Å²) in [4.78, 5) is 14.1. The smallest absolute Gasteiger partial charge is 0.417 e. The lowest BCUT2D eigenvalue weighted by Crippen LogP contribution is -2.29. The lowest BCUT2D eigenvalue weighted by atomic mass is 10.1. The number of rotatable bonds is 6. The van der Waals surface area contributed by atoms with E-state index < -0.39 is 22.3 Å². The Hall–Kier alpha value is -2.88. The number of nitrogens with zero attached hydrogens (tertiary/aromatic N) is 2. The quantitative estimate of drug-likeness (QED) is 0.589. The topological polar surface area (TPSA) is 97.5 Å². The first-order valence-corrected chi connectivity index (χ1v) is 7.41. The number of aromatic nitrogens is 1. The van der Waals surface area contributed by atoms with E-state index in [-0.39, 0.29) is 29.5 Å². The first-order chi connectivity index (χ1) is 12.0. The SMILES string of the molecule is CC(C)(O)CNc1cc(Oc2ccc(C(F)(F)F)cn2)ccc1[N+](=O)[O-]. The average molecular weight is 371 g/mol. The molecule has 10 heteroatoms. The zero-order valence-electron chi connectivity index (χ0n) is 13.9. The number of hydrogen-bond acceptors (Lipinski definition) is 6. The Kier molecular flexibility index (Phi) is 5.36. The van der Waals surface area contributed by atoms with Crippen molar-refractivity contribution in [2.24, 2.45) is 0 Å². The summed E-state index contributed by atoms with van der Waals surface area (Å²) in [6.45, 7) is 3.09. The summed E-state index contributed by atoms with van der Waals surface area (Å²) in [5, 5.41) is 23.6. The van der Waals surface area contributed by atoms with Crippen LogP contribution in [0.25, 0.3) is 0 Å². The summed E-state index contributed by atoms with van der Waals surface area (Å²) in [5.41, 5.74) is -2.16. The molecule has 26 heavy (non-hydrogen) atoms. The Bertz CT molecular complexity index is 787. The molecule has 140 valence electrons. The molecular formula is C16H16F3N3O4. The van der Waals surface area contributed by atoms with Crippen molar-refractivity contribution in [3.05, 3.63) is 52.2 Å². The number of benzene rings is 1. The largest absolute Gasteiger partial charge is 0.439 e.